The first-order valence-corrected chi connectivity index (χ1v) is 11.6. The summed E-state index contributed by atoms with van der Waals surface area (Å²) < 4.78 is 6.17. The Labute approximate surface area is 151 Å². The normalized spacial score (nSPS) is 14.6. The number of carboxylic acids is 1. The first-order valence-electron chi connectivity index (χ1n) is 8.66. The van der Waals surface area contributed by atoms with Gasteiger partial charge >= 0.3 is 5.97 Å². The van der Waals surface area contributed by atoms with E-state index in [2.05, 4.69) is 39.2 Å². The van der Waals surface area contributed by atoms with Crippen molar-refractivity contribution in [2.45, 2.75) is 70.8 Å². The van der Waals surface area contributed by atoms with Crippen LogP contribution in [0.4, 0.5) is 0 Å². The zero-order valence-electron chi connectivity index (χ0n) is 16.1. The zero-order chi connectivity index (χ0) is 19.3. The summed E-state index contributed by atoms with van der Waals surface area (Å²) in [7, 11) is -2.15. The Kier molecular flexibility index (Phi) is 7.38. The lowest BCUT2D eigenvalue weighted by atomic mass is 10.1. The predicted molar refractivity (Wildman–Crippen MR) is 102 cm³/mol. The fraction of sp³-hybridized carbons (Fsp3) is 0.579. The van der Waals surface area contributed by atoms with Gasteiger partial charge in [-0.05, 0) is 30.6 Å². The predicted octanol–water partition coefficient (Wildman–Crippen LogP) is 4.12. The van der Waals surface area contributed by atoms with Crippen molar-refractivity contribution in [3.05, 3.63) is 35.9 Å². The molecule has 0 spiro atoms. The highest BCUT2D eigenvalue weighted by Crippen LogP contribution is 2.38. The third-order valence-corrected chi connectivity index (χ3v) is 9.29. The van der Waals surface area contributed by atoms with E-state index in [1.165, 1.54) is 0 Å². The number of aliphatic carboxylic acids is 1. The van der Waals surface area contributed by atoms with Gasteiger partial charge in [-0.2, -0.15) is 0 Å². The van der Waals surface area contributed by atoms with Gasteiger partial charge in [0.1, 0.15) is 0 Å². The van der Waals surface area contributed by atoms with Gasteiger partial charge in [0.2, 0.25) is 5.91 Å². The molecular weight excluding hydrogens is 334 g/mol. The molecule has 2 atom stereocenters. The average molecular weight is 366 g/mol. The average Bonchev–Trinajstić information content (AvgIpc) is 2.45. The molecule has 0 aliphatic rings. The van der Waals surface area contributed by atoms with Gasteiger partial charge in [0.05, 0.1) is 25.0 Å². The highest BCUT2D eigenvalue weighted by Gasteiger charge is 2.40. The molecule has 5 nitrogen and oxygen atoms in total. The molecule has 25 heavy (non-hydrogen) atoms. The molecule has 1 amide bonds. The van der Waals surface area contributed by atoms with Crippen LogP contribution < -0.4 is 5.32 Å². The number of amides is 1. The van der Waals surface area contributed by atoms with Crippen LogP contribution in [0.5, 0.6) is 0 Å². The summed E-state index contributed by atoms with van der Waals surface area (Å²) in [5, 5.41) is 12.0. The molecule has 2 N–H and O–H groups in total. The van der Waals surface area contributed by atoms with Crippen molar-refractivity contribution in [1.29, 1.82) is 0 Å². The molecule has 6 heteroatoms. The number of carbonyl (C=O) groups excluding carboxylic acids is 1. The van der Waals surface area contributed by atoms with E-state index < -0.39 is 20.4 Å². The van der Waals surface area contributed by atoms with Gasteiger partial charge in [-0.1, -0.05) is 51.1 Å². The van der Waals surface area contributed by atoms with Gasteiger partial charge in [-0.25, -0.2) is 0 Å². The maximum absolute atomic E-state index is 12.4. The molecular formula is C19H31NO4Si. The summed E-state index contributed by atoms with van der Waals surface area (Å²) in [6.07, 6.45) is -0.725. The van der Waals surface area contributed by atoms with Crippen LogP contribution in [0.2, 0.25) is 18.1 Å². The molecule has 0 unspecified atom stereocenters. The minimum Gasteiger partial charge on any atom is -0.481 e. The molecule has 1 aromatic carbocycles. The minimum atomic E-state index is -2.15. The SMILES string of the molecule is C[C@H](NC(=O)C[C@H](CC(=O)O)O[Si](C)(C)C(C)(C)C)c1ccccc1. The largest absolute Gasteiger partial charge is 0.481 e. The maximum Gasteiger partial charge on any atom is 0.305 e. The summed E-state index contributed by atoms with van der Waals surface area (Å²) in [6, 6.07) is 9.54. The van der Waals surface area contributed by atoms with Crippen molar-refractivity contribution < 1.29 is 19.1 Å². The second-order valence-electron chi connectivity index (χ2n) is 8.00. The molecule has 0 aromatic heterocycles. The topological polar surface area (TPSA) is 75.6 Å². The van der Waals surface area contributed by atoms with Gasteiger partial charge in [0, 0.05) is 0 Å². The van der Waals surface area contributed by atoms with Crippen LogP contribution >= 0.6 is 0 Å². The van der Waals surface area contributed by atoms with Crippen LogP contribution in [0.1, 0.15) is 52.1 Å². The smallest absolute Gasteiger partial charge is 0.305 e. The van der Waals surface area contributed by atoms with Gasteiger partial charge in [0.25, 0.3) is 0 Å². The third kappa shape index (κ3) is 7.00. The Morgan fingerprint density at radius 1 is 1.16 bits per heavy atom. The third-order valence-electron chi connectivity index (χ3n) is 4.76. The van der Waals surface area contributed by atoms with Gasteiger partial charge in [0.15, 0.2) is 8.32 Å². The van der Waals surface area contributed by atoms with Crippen LogP contribution in [0.3, 0.4) is 0 Å². The zero-order valence-corrected chi connectivity index (χ0v) is 17.1. The molecule has 140 valence electrons. The molecule has 1 rings (SSSR count). The lowest BCUT2D eigenvalue weighted by molar-refractivity contribution is -0.139. The molecule has 0 fully saturated rings. The summed E-state index contributed by atoms with van der Waals surface area (Å²) in [4.78, 5) is 23.6. The van der Waals surface area contributed by atoms with E-state index in [1.807, 2.05) is 37.3 Å². The maximum atomic E-state index is 12.4. The van der Waals surface area contributed by atoms with Gasteiger partial charge in [-0.15, -0.1) is 0 Å². The number of rotatable bonds is 8. The van der Waals surface area contributed by atoms with E-state index in [4.69, 9.17) is 9.53 Å². The van der Waals surface area contributed by atoms with E-state index in [0.717, 1.165) is 5.56 Å². The summed E-state index contributed by atoms with van der Waals surface area (Å²) in [5.74, 6) is -1.14. The van der Waals surface area contributed by atoms with Crippen molar-refractivity contribution in [2.24, 2.45) is 0 Å². The van der Waals surface area contributed by atoms with E-state index in [1.54, 1.807) is 0 Å². The molecule has 0 heterocycles. The molecule has 0 bridgehead atoms. The van der Waals surface area contributed by atoms with E-state index in [9.17, 15) is 9.59 Å². The first kappa shape index (κ1) is 21.4. The lowest BCUT2D eigenvalue weighted by Crippen LogP contribution is -2.45. The van der Waals surface area contributed by atoms with Crippen molar-refractivity contribution in [2.75, 3.05) is 0 Å². The Balaban J connectivity index is 2.74. The van der Waals surface area contributed by atoms with Gasteiger partial charge in [-0.3, -0.25) is 9.59 Å². The molecule has 0 saturated carbocycles. The van der Waals surface area contributed by atoms with Crippen molar-refractivity contribution in [1.82, 2.24) is 5.32 Å². The number of nitrogens with one attached hydrogen (secondary N) is 1. The highest BCUT2D eigenvalue weighted by atomic mass is 28.4. The fourth-order valence-corrected chi connectivity index (χ4v) is 3.63. The summed E-state index contributed by atoms with van der Waals surface area (Å²) in [5.41, 5.74) is 1.01. The van der Waals surface area contributed by atoms with E-state index in [-0.39, 0.29) is 29.8 Å². The second-order valence-corrected chi connectivity index (χ2v) is 12.8. The summed E-state index contributed by atoms with van der Waals surface area (Å²) in [6.45, 7) is 12.3. The standard InChI is InChI=1S/C19H31NO4Si/c1-14(15-10-8-7-9-11-15)20-17(21)12-16(13-18(22)23)24-25(5,6)19(2,3)4/h7-11,14,16H,12-13H2,1-6H3,(H,20,21)(H,22,23)/t14-,16+/m0/s1. The van der Waals surface area contributed by atoms with Crippen molar-refractivity contribution in [3.8, 4) is 0 Å². The Morgan fingerprint density at radius 2 is 1.72 bits per heavy atom. The first-order chi connectivity index (χ1) is 11.4. The van der Waals surface area contributed by atoms with Crippen LogP contribution in [-0.4, -0.2) is 31.4 Å². The Hall–Kier alpha value is -1.66. The van der Waals surface area contributed by atoms with Crippen LogP contribution in [0.25, 0.3) is 0 Å². The van der Waals surface area contributed by atoms with Crippen molar-refractivity contribution >= 4 is 20.2 Å². The molecule has 1 aromatic rings. The van der Waals surface area contributed by atoms with E-state index >= 15 is 0 Å². The number of hydrogen-bond acceptors (Lipinski definition) is 3. The number of carbonyl (C=O) groups is 2. The van der Waals surface area contributed by atoms with Crippen LogP contribution in [0.15, 0.2) is 30.3 Å². The fourth-order valence-electron chi connectivity index (χ4n) is 2.28. The quantitative estimate of drug-likeness (QED) is 0.680. The number of benzene rings is 1. The van der Waals surface area contributed by atoms with Crippen molar-refractivity contribution in [3.63, 3.8) is 0 Å². The summed E-state index contributed by atoms with van der Waals surface area (Å²) >= 11 is 0. The highest BCUT2D eigenvalue weighted by molar-refractivity contribution is 6.74. The number of hydrogen-bond donors (Lipinski definition) is 2. The molecule has 0 radical (unpaired) electrons. The second kappa shape index (κ2) is 8.63. The Morgan fingerprint density at radius 3 is 2.20 bits per heavy atom. The van der Waals surface area contributed by atoms with Crippen LogP contribution in [0, 0.1) is 0 Å². The minimum absolute atomic E-state index is 0.0441. The Bertz CT molecular complexity index is 581. The lowest BCUT2D eigenvalue weighted by Gasteiger charge is -2.39. The molecule has 0 aliphatic carbocycles. The van der Waals surface area contributed by atoms with Gasteiger partial charge < -0.3 is 14.8 Å². The van der Waals surface area contributed by atoms with E-state index in [0.29, 0.717) is 0 Å². The monoisotopic (exact) mass is 365 g/mol. The van der Waals surface area contributed by atoms with Crippen LogP contribution in [-0.2, 0) is 14.0 Å². The number of carboxylic acid groups (broad SMARTS) is 1. The molecule has 0 aliphatic heterocycles. The molecule has 0 saturated heterocycles.